The van der Waals surface area contributed by atoms with E-state index in [1.165, 1.54) is 62.4 Å². The third-order valence-corrected chi connectivity index (χ3v) is 5.30. The van der Waals surface area contributed by atoms with Gasteiger partial charge in [0.25, 0.3) is 10.1 Å². The van der Waals surface area contributed by atoms with Crippen LogP contribution in [-0.4, -0.2) is 13.0 Å². The third kappa shape index (κ3) is 8.94. The molecule has 0 radical (unpaired) electrons. The molecule has 0 saturated carbocycles. The summed E-state index contributed by atoms with van der Waals surface area (Å²) in [6.45, 7) is 2.20. The second-order valence-electron chi connectivity index (χ2n) is 6.70. The van der Waals surface area contributed by atoms with E-state index >= 15 is 0 Å². The van der Waals surface area contributed by atoms with E-state index in [2.05, 4.69) is 6.92 Å². The molecule has 5 nitrogen and oxygen atoms in total. The number of ether oxygens (including phenoxy) is 1. The van der Waals surface area contributed by atoms with Gasteiger partial charge in [0.15, 0.2) is 0 Å². The van der Waals surface area contributed by atoms with Gasteiger partial charge in [0.2, 0.25) is 0 Å². The number of hydrogen-bond acceptors (Lipinski definition) is 4. The normalized spacial score (nSPS) is 11.1. The zero-order chi connectivity index (χ0) is 19.7. The predicted molar refractivity (Wildman–Crippen MR) is 104 cm³/mol. The molecule has 28 heavy (non-hydrogen) atoms. The summed E-state index contributed by atoms with van der Waals surface area (Å²) in [5, 5.41) is 11.2. The molecule has 1 N–H and O–H groups in total. The Bertz CT molecular complexity index is 819. The molecular weight excluding hydrogens is 403 g/mol. The summed E-state index contributed by atoms with van der Waals surface area (Å²) < 4.78 is 38.3. The quantitative estimate of drug-likeness (QED) is 0.335. The molecule has 148 valence electrons. The van der Waals surface area contributed by atoms with Crippen LogP contribution >= 0.6 is 0 Å². The average Bonchev–Trinajstić information content (AvgIpc) is 2.62. The van der Waals surface area contributed by atoms with Crippen LogP contribution in [0.25, 0.3) is 0 Å². The second-order valence-corrected chi connectivity index (χ2v) is 8.09. The maximum atomic E-state index is 11.6. The fraction of sp³-hybridized carbons (Fsp3) is 0.429. The van der Waals surface area contributed by atoms with Crippen molar-refractivity contribution in [1.29, 1.82) is 0 Å². The molecule has 0 aliphatic heterocycles. The van der Waals surface area contributed by atoms with Crippen LogP contribution < -0.4 is 61.2 Å². The Kier molecular flexibility index (Phi) is 11.9. The first-order chi connectivity index (χ1) is 12.9. The van der Waals surface area contributed by atoms with Gasteiger partial charge in [-0.1, -0.05) is 63.6 Å². The first kappa shape index (κ1) is 25.6. The maximum absolute atomic E-state index is 11.6. The van der Waals surface area contributed by atoms with E-state index in [0.29, 0.717) is 5.75 Å². The summed E-state index contributed by atoms with van der Waals surface area (Å²) in [4.78, 5) is -0.281. The van der Waals surface area contributed by atoms with Crippen LogP contribution in [0, 0.1) is 0 Å². The van der Waals surface area contributed by atoms with Crippen molar-refractivity contribution >= 4 is 10.1 Å². The molecule has 0 fully saturated rings. The van der Waals surface area contributed by atoms with Gasteiger partial charge >= 0.3 is 51.4 Å². The second kappa shape index (κ2) is 13.0. The molecule has 0 unspecified atom stereocenters. The molecule has 2 aromatic rings. The van der Waals surface area contributed by atoms with E-state index in [0.717, 1.165) is 24.8 Å². The predicted octanol–water partition coefficient (Wildman–Crippen LogP) is 2.10. The Hall–Kier alpha value is -0.414. The molecule has 0 aliphatic rings. The Morgan fingerprint density at radius 2 is 1.54 bits per heavy atom. The zero-order valence-electron chi connectivity index (χ0n) is 16.7. The molecule has 0 spiro atoms. The van der Waals surface area contributed by atoms with E-state index in [1.807, 2.05) is 0 Å². The van der Waals surface area contributed by atoms with E-state index in [1.54, 1.807) is 12.1 Å². The van der Waals surface area contributed by atoms with Crippen LogP contribution in [0.1, 0.15) is 57.4 Å². The van der Waals surface area contributed by atoms with E-state index in [9.17, 15) is 18.1 Å². The molecule has 0 aromatic heterocycles. The number of rotatable bonds is 11. The molecule has 0 heterocycles. The molecule has 0 saturated heterocycles. The average molecular weight is 431 g/mol. The van der Waals surface area contributed by atoms with Crippen LogP contribution in [0.15, 0.2) is 47.4 Å². The minimum atomic E-state index is -4.40. The van der Waals surface area contributed by atoms with Crippen LogP contribution in [-0.2, 0) is 16.5 Å². The number of aryl methyl sites for hydroxylation is 1. The number of hydrogen-bond donors (Lipinski definition) is 1. The molecule has 0 aliphatic carbocycles. The topological polar surface area (TPSA) is 86.7 Å². The molecule has 2 aromatic carbocycles. The van der Waals surface area contributed by atoms with Crippen molar-refractivity contribution in [3.63, 3.8) is 0 Å². The summed E-state index contributed by atoms with van der Waals surface area (Å²) in [5.74, 6) is 0.245. The minimum Gasteiger partial charge on any atom is -0.872 e. The molecular formula is C21H27KO5S. The van der Waals surface area contributed by atoms with E-state index in [-0.39, 0.29) is 67.8 Å². The molecule has 0 atom stereocenters. The summed E-state index contributed by atoms with van der Waals surface area (Å²) >= 11 is 0. The van der Waals surface area contributed by atoms with Gasteiger partial charge in [0.05, 0.1) is 0 Å². The van der Waals surface area contributed by atoms with Crippen molar-refractivity contribution in [3.8, 4) is 17.2 Å². The van der Waals surface area contributed by atoms with Crippen molar-refractivity contribution < 1.29 is 74.2 Å². The Morgan fingerprint density at radius 1 is 0.929 bits per heavy atom. The minimum absolute atomic E-state index is 0. The van der Waals surface area contributed by atoms with E-state index < -0.39 is 10.1 Å². The fourth-order valence-electron chi connectivity index (χ4n) is 2.92. The van der Waals surface area contributed by atoms with Gasteiger partial charge in [-0.2, -0.15) is 8.42 Å². The first-order valence-electron chi connectivity index (χ1n) is 9.45. The standard InChI is InChI=1S/C21H28O5S.K/c1-2-3-4-5-6-7-8-9-17-10-15-21(27(23,24)25)20(16-17)26-19-13-11-18(22)12-14-19;/h10-16,22H,2-9H2,1H3,(H,23,24,25);/q;+1/p-1. The van der Waals surface area contributed by atoms with Crippen LogP contribution in [0.3, 0.4) is 0 Å². The van der Waals surface area contributed by atoms with Crippen LogP contribution in [0.2, 0.25) is 0 Å². The third-order valence-electron chi connectivity index (χ3n) is 4.41. The Morgan fingerprint density at radius 3 is 2.14 bits per heavy atom. The van der Waals surface area contributed by atoms with Gasteiger partial charge in [0, 0.05) is 0 Å². The van der Waals surface area contributed by atoms with E-state index in [4.69, 9.17) is 4.74 Å². The van der Waals surface area contributed by atoms with Crippen molar-refractivity contribution in [3.05, 3.63) is 48.0 Å². The summed E-state index contributed by atoms with van der Waals surface area (Å²) in [6.07, 6.45) is 9.21. The zero-order valence-corrected chi connectivity index (χ0v) is 20.6. The molecule has 0 amide bonds. The molecule has 2 rings (SSSR count). The molecule has 7 heteroatoms. The number of benzene rings is 2. The SMILES string of the molecule is CCCCCCCCCc1ccc(S(=O)(=O)O)c(Oc2ccc([O-])cc2)c1.[K+]. The van der Waals surface area contributed by atoms with Crippen molar-refractivity contribution in [1.82, 2.24) is 0 Å². The maximum Gasteiger partial charge on any atom is 1.00 e. The first-order valence-corrected chi connectivity index (χ1v) is 10.9. The Labute approximate surface area is 210 Å². The summed E-state index contributed by atoms with van der Waals surface area (Å²) in [5.41, 5.74) is 0.950. The monoisotopic (exact) mass is 430 g/mol. The summed E-state index contributed by atoms with van der Waals surface area (Å²) in [7, 11) is -4.40. The Balaban J connectivity index is 0.00000392. The van der Waals surface area contributed by atoms with Crippen LogP contribution in [0.5, 0.6) is 17.2 Å². The van der Waals surface area contributed by atoms with Gasteiger partial charge in [-0.25, -0.2) is 0 Å². The van der Waals surface area contributed by atoms with Gasteiger partial charge in [-0.15, -0.1) is 5.75 Å². The van der Waals surface area contributed by atoms with Gasteiger partial charge < -0.3 is 9.84 Å². The van der Waals surface area contributed by atoms with Crippen molar-refractivity contribution in [2.75, 3.05) is 0 Å². The van der Waals surface area contributed by atoms with Gasteiger partial charge in [-0.3, -0.25) is 4.55 Å². The fourth-order valence-corrected chi connectivity index (χ4v) is 3.52. The van der Waals surface area contributed by atoms with Crippen LogP contribution in [0.4, 0.5) is 0 Å². The van der Waals surface area contributed by atoms with Gasteiger partial charge in [-0.05, 0) is 42.7 Å². The van der Waals surface area contributed by atoms with Crippen molar-refractivity contribution in [2.24, 2.45) is 0 Å². The largest absolute Gasteiger partial charge is 1.00 e. The number of unbranched alkanes of at least 4 members (excludes halogenated alkanes) is 6. The van der Waals surface area contributed by atoms with Crippen molar-refractivity contribution in [2.45, 2.75) is 63.2 Å². The summed E-state index contributed by atoms with van der Waals surface area (Å²) in [6, 6.07) is 10.3. The molecule has 0 bridgehead atoms. The van der Waals surface area contributed by atoms with Gasteiger partial charge in [0.1, 0.15) is 16.4 Å². The smallest absolute Gasteiger partial charge is 0.872 e.